The number of pyridine rings is 1. The maximum Gasteiger partial charge on any atom is 0.357 e. The molecule has 0 saturated carbocycles. The Balaban J connectivity index is 2.12. The highest BCUT2D eigenvalue weighted by molar-refractivity contribution is 6.31. The summed E-state index contributed by atoms with van der Waals surface area (Å²) in [4.78, 5) is 71.1. The molecule has 2 amide bonds. The lowest BCUT2D eigenvalue weighted by atomic mass is 9.66. The number of hydrogen-bond acceptors (Lipinski definition) is 11. The fourth-order valence-electron chi connectivity index (χ4n) is 4.48. The van der Waals surface area contributed by atoms with Gasteiger partial charge in [-0.05, 0) is 37.3 Å². The van der Waals surface area contributed by atoms with Crippen LogP contribution in [0.1, 0.15) is 23.0 Å². The molecule has 0 saturated heterocycles. The second kappa shape index (κ2) is 10.5. The molecule has 2 aliphatic rings. The van der Waals surface area contributed by atoms with Gasteiger partial charge in [0.2, 0.25) is 5.91 Å². The van der Waals surface area contributed by atoms with Crippen molar-refractivity contribution in [1.29, 1.82) is 0 Å². The van der Waals surface area contributed by atoms with E-state index in [4.69, 9.17) is 31.5 Å². The Hall–Kier alpha value is -4.91. The molecule has 0 bridgehead atoms. The zero-order valence-corrected chi connectivity index (χ0v) is 21.6. The Morgan fingerprint density at radius 2 is 1.79 bits per heavy atom. The molecule has 1 aromatic carbocycles. The number of benzene rings is 1. The topological polar surface area (TPSA) is 179 Å². The number of aromatic nitrogens is 1. The van der Waals surface area contributed by atoms with Gasteiger partial charge in [0.05, 0.1) is 26.4 Å². The maximum absolute atomic E-state index is 13.9. The number of anilines is 1. The zero-order valence-electron chi connectivity index (χ0n) is 20.9. The molecule has 0 fully saturated rings. The van der Waals surface area contributed by atoms with Gasteiger partial charge < -0.3 is 25.3 Å². The van der Waals surface area contributed by atoms with E-state index in [-0.39, 0.29) is 28.6 Å². The molecule has 1 unspecified atom stereocenters. The smallest absolute Gasteiger partial charge is 0.357 e. The monoisotopic (exact) mass is 555 g/mol. The van der Waals surface area contributed by atoms with Crippen LogP contribution in [0.2, 0.25) is 5.02 Å². The average molecular weight is 556 g/mol. The first-order valence-electron chi connectivity index (χ1n) is 11.4. The Kier molecular flexibility index (Phi) is 7.27. The molecule has 0 radical (unpaired) electrons. The number of nitrogens with one attached hydrogen (secondary N) is 2. The fourth-order valence-corrected chi connectivity index (χ4v) is 4.66. The van der Waals surface area contributed by atoms with E-state index in [0.717, 1.165) is 14.2 Å². The van der Waals surface area contributed by atoms with Crippen molar-refractivity contribution in [3.8, 4) is 0 Å². The number of carbonyl (C=O) groups excluding carboxylic acids is 5. The minimum absolute atomic E-state index is 0.0171. The van der Waals surface area contributed by atoms with E-state index in [1.807, 2.05) is 0 Å². The van der Waals surface area contributed by atoms with Crippen molar-refractivity contribution in [2.45, 2.75) is 12.3 Å². The van der Waals surface area contributed by atoms with E-state index in [1.165, 1.54) is 43.5 Å². The minimum atomic E-state index is -2.38. The van der Waals surface area contributed by atoms with Crippen LogP contribution in [0.5, 0.6) is 0 Å². The second-order valence-electron chi connectivity index (χ2n) is 8.07. The normalized spacial score (nSPS) is 17.9. The Bertz CT molecular complexity index is 1470. The largest absolute Gasteiger partial charge is 0.466 e. The minimum Gasteiger partial charge on any atom is -0.466 e. The van der Waals surface area contributed by atoms with Gasteiger partial charge in [-0.3, -0.25) is 20.0 Å². The first-order chi connectivity index (χ1) is 18.6. The number of hydrazine groups is 1. The van der Waals surface area contributed by atoms with Gasteiger partial charge in [0.1, 0.15) is 22.5 Å². The molecule has 13 nitrogen and oxygen atoms in total. The number of ether oxygens (including phenoxy) is 3. The molecule has 1 atom stereocenters. The summed E-state index contributed by atoms with van der Waals surface area (Å²) in [5.41, 5.74) is 4.59. The number of rotatable bonds is 6. The third-order valence-corrected chi connectivity index (χ3v) is 6.28. The third kappa shape index (κ3) is 4.22. The van der Waals surface area contributed by atoms with Crippen LogP contribution in [0.4, 0.5) is 5.69 Å². The van der Waals surface area contributed by atoms with Crippen molar-refractivity contribution in [3.63, 3.8) is 0 Å². The van der Waals surface area contributed by atoms with Crippen LogP contribution in [0.15, 0.2) is 65.3 Å². The van der Waals surface area contributed by atoms with E-state index < -0.39 is 57.8 Å². The number of esters is 3. The van der Waals surface area contributed by atoms with E-state index in [0.29, 0.717) is 5.01 Å². The predicted octanol–water partition coefficient (Wildman–Crippen LogP) is 0.919. The summed E-state index contributed by atoms with van der Waals surface area (Å²) in [6, 6.07) is 8.74. The van der Waals surface area contributed by atoms with Crippen molar-refractivity contribution >= 4 is 47.0 Å². The molecule has 2 aromatic rings. The van der Waals surface area contributed by atoms with Crippen molar-refractivity contribution in [3.05, 3.63) is 81.5 Å². The molecule has 4 N–H and O–H groups in total. The lowest BCUT2D eigenvalue weighted by Gasteiger charge is -2.40. The van der Waals surface area contributed by atoms with Gasteiger partial charge >= 0.3 is 17.9 Å². The van der Waals surface area contributed by atoms with Crippen LogP contribution in [-0.2, 0) is 38.8 Å². The third-order valence-electron chi connectivity index (χ3n) is 6.04. The summed E-state index contributed by atoms with van der Waals surface area (Å²) in [5.74, 6) is -5.91. The highest BCUT2D eigenvalue weighted by atomic mass is 35.5. The number of halogens is 1. The summed E-state index contributed by atoms with van der Waals surface area (Å²) in [6.07, 6.45) is 1.35. The number of methoxy groups -OCH3 is 2. The van der Waals surface area contributed by atoms with E-state index >= 15 is 0 Å². The standard InChI is InChI=1S/C25H22ClN5O8/c1-4-39-22(34)17-19(27)31(30-20(32)15-7-5-6-10-28-15)18(23(35)38-3)16(21(33)37-2)25(17)13-11-12(26)8-9-14(13)29-24(25)36/h5-11H,4,27H2,1-3H3,(H,29,36)(H,30,32). The number of fused-ring (bicyclic) bond motifs is 2. The van der Waals surface area contributed by atoms with Crippen molar-refractivity contribution in [2.75, 3.05) is 26.1 Å². The van der Waals surface area contributed by atoms with Crippen LogP contribution < -0.4 is 16.5 Å². The van der Waals surface area contributed by atoms with Gasteiger partial charge in [-0.1, -0.05) is 17.7 Å². The quantitative estimate of drug-likeness (QED) is 0.341. The Labute approximate surface area is 226 Å². The van der Waals surface area contributed by atoms with Crippen LogP contribution in [-0.4, -0.2) is 60.5 Å². The van der Waals surface area contributed by atoms with Gasteiger partial charge in [-0.2, -0.15) is 0 Å². The second-order valence-corrected chi connectivity index (χ2v) is 8.51. The molecular formula is C25H22ClN5O8. The molecule has 3 heterocycles. The summed E-state index contributed by atoms with van der Waals surface area (Å²) >= 11 is 6.25. The average Bonchev–Trinajstić information content (AvgIpc) is 3.20. The van der Waals surface area contributed by atoms with Gasteiger partial charge in [0.15, 0.2) is 5.70 Å². The highest BCUT2D eigenvalue weighted by Gasteiger charge is 2.63. The molecule has 1 spiro atoms. The van der Waals surface area contributed by atoms with Gasteiger partial charge in [0.25, 0.3) is 5.91 Å². The summed E-state index contributed by atoms with van der Waals surface area (Å²) in [5, 5.41) is 3.40. The van der Waals surface area contributed by atoms with Crippen molar-refractivity contribution < 1.29 is 38.2 Å². The summed E-state index contributed by atoms with van der Waals surface area (Å²) in [7, 11) is 2.02. The first kappa shape index (κ1) is 27.1. The number of hydrogen-bond donors (Lipinski definition) is 3. The number of nitrogens with two attached hydrogens (primary N) is 1. The lowest BCUT2D eigenvalue weighted by molar-refractivity contribution is -0.144. The zero-order chi connectivity index (χ0) is 28.5. The molecule has 2 aliphatic heterocycles. The molecular weight excluding hydrogens is 534 g/mol. The van der Waals surface area contributed by atoms with Gasteiger partial charge in [-0.15, -0.1) is 0 Å². The van der Waals surface area contributed by atoms with E-state index in [1.54, 1.807) is 6.07 Å². The van der Waals surface area contributed by atoms with E-state index in [2.05, 4.69) is 15.7 Å². The van der Waals surface area contributed by atoms with E-state index in [9.17, 15) is 24.0 Å². The summed E-state index contributed by atoms with van der Waals surface area (Å²) in [6.45, 7) is 1.37. The molecule has 202 valence electrons. The maximum atomic E-state index is 13.9. The lowest BCUT2D eigenvalue weighted by Crippen LogP contribution is -2.57. The fraction of sp³-hybridized carbons (Fsp3) is 0.200. The van der Waals surface area contributed by atoms with Crippen LogP contribution in [0.3, 0.4) is 0 Å². The molecule has 39 heavy (non-hydrogen) atoms. The first-order valence-corrected chi connectivity index (χ1v) is 11.7. The van der Waals surface area contributed by atoms with Gasteiger partial charge in [-0.25, -0.2) is 19.4 Å². The van der Waals surface area contributed by atoms with Crippen molar-refractivity contribution in [1.82, 2.24) is 15.4 Å². The van der Waals surface area contributed by atoms with Crippen LogP contribution in [0, 0.1) is 0 Å². The van der Waals surface area contributed by atoms with Crippen LogP contribution in [0.25, 0.3) is 0 Å². The SMILES string of the molecule is CCOC(=O)C1=C(N)N(NC(=O)c2ccccn2)C(C(=O)OC)=C(C(=O)OC)C12C(=O)Nc1ccc(Cl)cc12. The van der Waals surface area contributed by atoms with Crippen LogP contribution >= 0.6 is 11.6 Å². The molecule has 0 aliphatic carbocycles. The Morgan fingerprint density at radius 3 is 2.41 bits per heavy atom. The summed E-state index contributed by atoms with van der Waals surface area (Å²) < 4.78 is 15.1. The number of carbonyl (C=O) groups is 5. The Morgan fingerprint density at radius 1 is 1.08 bits per heavy atom. The molecule has 4 rings (SSSR count). The highest BCUT2D eigenvalue weighted by Crippen LogP contribution is 2.53. The number of amides is 2. The predicted molar refractivity (Wildman–Crippen MR) is 134 cm³/mol. The molecule has 1 aromatic heterocycles. The number of nitrogens with zero attached hydrogens (tertiary/aromatic N) is 2. The van der Waals surface area contributed by atoms with Gasteiger partial charge in [0, 0.05) is 22.5 Å². The van der Waals surface area contributed by atoms with Crippen molar-refractivity contribution in [2.24, 2.45) is 5.73 Å². The molecule has 14 heteroatoms.